The van der Waals surface area contributed by atoms with Gasteiger partial charge in [0.05, 0.1) is 11.8 Å². The summed E-state index contributed by atoms with van der Waals surface area (Å²) in [6.45, 7) is 0. The predicted molar refractivity (Wildman–Crippen MR) is 37.8 cm³/mol. The molecule has 0 spiro atoms. The minimum atomic E-state index is -0.646. The standard InChI is InChI=1S/C2H4Cl2N6/c3-8-2(9-4)10(7)1(5)6/h(H3,5,6)(H,8,9). The topological polar surface area (TPSA) is 99.6 Å². The first-order chi connectivity index (χ1) is 4.63. The van der Waals surface area contributed by atoms with Gasteiger partial charge in [-0.25, -0.2) is 4.84 Å². The molecule has 0 saturated carbocycles. The molecule has 0 aromatic rings. The van der Waals surface area contributed by atoms with Crippen LogP contribution in [0, 0.1) is 5.41 Å². The number of nitrogens with one attached hydrogen (secondary N) is 2. The highest BCUT2D eigenvalue weighted by Crippen LogP contribution is 1.84. The van der Waals surface area contributed by atoms with Crippen molar-refractivity contribution in [3.8, 4) is 0 Å². The Morgan fingerprint density at radius 2 is 2.30 bits per heavy atom. The lowest BCUT2D eigenvalue weighted by Gasteiger charge is -2.06. The van der Waals surface area contributed by atoms with E-state index < -0.39 is 5.96 Å². The highest BCUT2D eigenvalue weighted by molar-refractivity contribution is 6.25. The van der Waals surface area contributed by atoms with Crippen molar-refractivity contribution >= 4 is 35.5 Å². The third kappa shape index (κ3) is 2.16. The molecule has 0 fully saturated rings. The molecule has 4 N–H and O–H groups in total. The van der Waals surface area contributed by atoms with Crippen molar-refractivity contribution < 1.29 is 4.70 Å². The second-order valence-electron chi connectivity index (χ2n) is 1.20. The Balaban J connectivity index is 4.33. The van der Waals surface area contributed by atoms with Gasteiger partial charge in [0.25, 0.3) is 5.96 Å². The molecule has 8 heteroatoms. The van der Waals surface area contributed by atoms with Gasteiger partial charge >= 0.3 is 5.96 Å². The van der Waals surface area contributed by atoms with Gasteiger partial charge in [-0.05, 0) is 4.51 Å². The normalized spacial score (nSPS) is 10.8. The van der Waals surface area contributed by atoms with Gasteiger partial charge in [0.15, 0.2) is 0 Å². The van der Waals surface area contributed by atoms with Gasteiger partial charge in [-0.2, -0.15) is 5.41 Å². The van der Waals surface area contributed by atoms with Crippen LogP contribution in [0.5, 0.6) is 0 Å². The fourth-order valence-electron chi connectivity index (χ4n) is 0.206. The van der Waals surface area contributed by atoms with E-state index in [0.717, 1.165) is 0 Å². The van der Waals surface area contributed by atoms with Crippen LogP contribution in [0.15, 0.2) is 4.51 Å². The summed E-state index contributed by atoms with van der Waals surface area (Å²) in [5.41, 5.74) is 13.5. The van der Waals surface area contributed by atoms with Gasteiger partial charge in [0.1, 0.15) is 11.8 Å². The van der Waals surface area contributed by atoms with E-state index in [2.05, 4.69) is 4.51 Å². The van der Waals surface area contributed by atoms with E-state index in [-0.39, 0.29) is 10.7 Å². The molecular weight excluding hydrogens is 179 g/mol. The van der Waals surface area contributed by atoms with E-state index in [0.29, 0.717) is 0 Å². The largest absolute Gasteiger partial charge is 0.669 e. The second kappa shape index (κ2) is 4.02. The van der Waals surface area contributed by atoms with E-state index in [4.69, 9.17) is 40.2 Å². The smallest absolute Gasteiger partial charge is 0.336 e. The van der Waals surface area contributed by atoms with Gasteiger partial charge < -0.3 is 16.0 Å². The number of hydrogen-bond acceptors (Lipinski definition) is 2. The summed E-state index contributed by atoms with van der Waals surface area (Å²) in [7, 11) is 0. The number of guanidine groups is 2. The second-order valence-corrected chi connectivity index (χ2v) is 1.56. The fourth-order valence-corrected chi connectivity index (χ4v) is 0.485. The zero-order valence-electron chi connectivity index (χ0n) is 4.67. The summed E-state index contributed by atoms with van der Waals surface area (Å²) in [5, 5.41) is 6.65. The molecule has 0 heterocycles. The Morgan fingerprint density at radius 3 is 2.40 bits per heavy atom. The summed E-state index contributed by atoms with van der Waals surface area (Å²) in [6.07, 6.45) is 0. The lowest BCUT2D eigenvalue weighted by atomic mass is 10.9. The van der Waals surface area contributed by atoms with Crippen LogP contribution in [0.25, 0.3) is 5.53 Å². The van der Waals surface area contributed by atoms with Crippen LogP contribution in [-0.2, 0) is 0 Å². The zero-order valence-corrected chi connectivity index (χ0v) is 6.19. The van der Waals surface area contributed by atoms with Crippen molar-refractivity contribution in [1.82, 2.24) is 4.84 Å². The summed E-state index contributed by atoms with van der Waals surface area (Å²) in [5.74, 6) is -0.983. The van der Waals surface area contributed by atoms with Crippen LogP contribution < -0.4 is 10.6 Å². The van der Waals surface area contributed by atoms with Crippen molar-refractivity contribution in [2.75, 3.05) is 0 Å². The van der Waals surface area contributed by atoms with Gasteiger partial charge in [0.2, 0.25) is 0 Å². The van der Waals surface area contributed by atoms with E-state index in [9.17, 15) is 0 Å². The van der Waals surface area contributed by atoms with Gasteiger partial charge in [-0.15, -0.1) is 0 Å². The van der Waals surface area contributed by atoms with Crippen LogP contribution in [0.2, 0.25) is 0 Å². The molecule has 0 aliphatic heterocycles. The molecule has 0 rings (SSSR count). The van der Waals surface area contributed by atoms with Crippen LogP contribution in [-0.4, -0.2) is 16.6 Å². The van der Waals surface area contributed by atoms with E-state index >= 15 is 0 Å². The molecule has 0 aliphatic rings. The van der Waals surface area contributed by atoms with Crippen molar-refractivity contribution in [1.29, 1.82) is 5.41 Å². The Labute approximate surface area is 66.9 Å². The Hall–Kier alpha value is -0.880. The minimum Gasteiger partial charge on any atom is -0.669 e. The number of hydrogen-bond donors (Lipinski definition) is 3. The van der Waals surface area contributed by atoms with Crippen molar-refractivity contribution in [2.45, 2.75) is 0 Å². The van der Waals surface area contributed by atoms with Crippen LogP contribution in [0.1, 0.15) is 0 Å². The quantitative estimate of drug-likeness (QED) is 0.164. The average molecular weight is 183 g/mol. The molecule has 0 saturated heterocycles. The lowest BCUT2D eigenvalue weighted by molar-refractivity contribution is -0.303. The molecule has 0 radical (unpaired) electrons. The van der Waals surface area contributed by atoms with Gasteiger partial charge in [-0.1, -0.05) is 0 Å². The maximum atomic E-state index is 8.71. The van der Waals surface area contributed by atoms with Crippen LogP contribution >= 0.6 is 23.6 Å². The zero-order chi connectivity index (χ0) is 8.15. The first kappa shape index (κ1) is 9.12. The van der Waals surface area contributed by atoms with Crippen LogP contribution in [0.3, 0.4) is 0 Å². The Kier molecular flexibility index (Phi) is 3.67. The minimum absolute atomic E-state index is 0.181. The van der Waals surface area contributed by atoms with E-state index in [1.54, 1.807) is 0 Å². The summed E-state index contributed by atoms with van der Waals surface area (Å²) >= 11 is 9.88. The molecule has 10 heavy (non-hydrogen) atoms. The number of halogens is 2. The highest BCUT2D eigenvalue weighted by atomic mass is 35.5. The molecule has 0 aromatic heterocycles. The predicted octanol–water partition coefficient (Wildman–Crippen LogP) is 0.167. The maximum Gasteiger partial charge on any atom is 0.336 e. The molecule has 0 atom stereocenters. The first-order valence-corrected chi connectivity index (χ1v) is 2.73. The summed E-state index contributed by atoms with van der Waals surface area (Å²) < 4.78 is 3.11. The fraction of sp³-hybridized carbons (Fsp3) is 0. The third-order valence-corrected chi connectivity index (χ3v) is 0.923. The van der Waals surface area contributed by atoms with E-state index in [1.807, 2.05) is 4.84 Å². The molecule has 0 aromatic carbocycles. The molecular formula is C2H4Cl2N6. The van der Waals surface area contributed by atoms with Crippen molar-refractivity contribution in [3.05, 3.63) is 5.53 Å². The first-order valence-electron chi connectivity index (χ1n) is 2.02. The highest BCUT2D eigenvalue weighted by Gasteiger charge is 2.04. The molecule has 6 nitrogen and oxygen atoms in total. The SMILES string of the molecule is [N-]=[N+](C(=N)N)C(=NCl)NCl. The monoisotopic (exact) mass is 182 g/mol. The summed E-state index contributed by atoms with van der Waals surface area (Å²) in [4.78, 5) is 1.88. The molecule has 0 amide bonds. The molecule has 0 unspecified atom stereocenters. The van der Waals surface area contributed by atoms with Crippen molar-refractivity contribution in [3.63, 3.8) is 0 Å². The van der Waals surface area contributed by atoms with Gasteiger partial charge in [-0.3, -0.25) is 0 Å². The maximum absolute atomic E-state index is 8.71. The van der Waals surface area contributed by atoms with E-state index in [1.165, 1.54) is 0 Å². The number of rotatable bonds is 0. The average Bonchev–Trinajstić information content (AvgIpc) is 1.90. The Bertz CT molecular complexity index is 184. The number of nitrogens with zero attached hydrogens (tertiary/aromatic N) is 3. The Morgan fingerprint density at radius 1 is 1.80 bits per heavy atom. The molecule has 0 aliphatic carbocycles. The van der Waals surface area contributed by atoms with Crippen molar-refractivity contribution in [2.24, 2.45) is 10.2 Å². The molecule has 0 bridgehead atoms. The van der Waals surface area contributed by atoms with Gasteiger partial charge in [0, 0.05) is 0 Å². The lowest BCUT2D eigenvalue weighted by Crippen LogP contribution is -2.35. The summed E-state index contributed by atoms with van der Waals surface area (Å²) in [6, 6.07) is 0. The van der Waals surface area contributed by atoms with Crippen LogP contribution in [0.4, 0.5) is 0 Å². The molecule has 56 valence electrons. The third-order valence-electron chi connectivity index (χ3n) is 0.593. The number of nitrogens with two attached hydrogens (primary N) is 1.